The van der Waals surface area contributed by atoms with Crippen LogP contribution in [0.1, 0.15) is 18.2 Å². The Labute approximate surface area is 89.9 Å². The molecule has 2 unspecified atom stereocenters. The number of carbonyl (C=O) groups is 1. The van der Waals surface area contributed by atoms with E-state index >= 15 is 0 Å². The van der Waals surface area contributed by atoms with Gasteiger partial charge in [0.15, 0.2) is 0 Å². The summed E-state index contributed by atoms with van der Waals surface area (Å²) in [6.07, 6.45) is 3.60. The Bertz CT molecular complexity index is 517. The second-order valence-corrected chi connectivity index (χ2v) is 3.76. The van der Waals surface area contributed by atoms with Gasteiger partial charge in [-0.25, -0.2) is 0 Å². The third kappa shape index (κ3) is 1.39. The Morgan fingerprint density at radius 3 is 3.06 bits per heavy atom. The predicted molar refractivity (Wildman–Crippen MR) is 50.5 cm³/mol. The molecule has 0 saturated heterocycles. The van der Waals surface area contributed by atoms with E-state index in [9.17, 15) is 4.79 Å². The normalized spacial score (nSPS) is 23.2. The van der Waals surface area contributed by atoms with Crippen molar-refractivity contribution >= 4 is 5.97 Å². The summed E-state index contributed by atoms with van der Waals surface area (Å²) in [5, 5.41) is 12.5. The standard InChI is InChI=1S/C10H8N2O4/c13-10(14)7-3-6(7)9-11-8(12-16-9)5-1-2-15-4-5/h1-2,4,6-7H,3H2,(H,13,14). The van der Waals surface area contributed by atoms with Gasteiger partial charge in [0.1, 0.15) is 6.26 Å². The largest absolute Gasteiger partial charge is 0.481 e. The zero-order valence-electron chi connectivity index (χ0n) is 8.16. The average Bonchev–Trinajstić information content (AvgIpc) is 2.72. The van der Waals surface area contributed by atoms with Crippen molar-refractivity contribution in [3.63, 3.8) is 0 Å². The van der Waals surface area contributed by atoms with Crippen molar-refractivity contribution in [1.82, 2.24) is 10.1 Å². The van der Waals surface area contributed by atoms with Crippen molar-refractivity contribution in [2.24, 2.45) is 5.92 Å². The third-order valence-corrected chi connectivity index (χ3v) is 2.65. The smallest absolute Gasteiger partial charge is 0.307 e. The molecule has 2 aromatic rings. The number of hydrogen-bond donors (Lipinski definition) is 1. The van der Waals surface area contributed by atoms with Crippen LogP contribution in [0.25, 0.3) is 11.4 Å². The summed E-state index contributed by atoms with van der Waals surface area (Å²) < 4.78 is 9.92. The molecular formula is C10H8N2O4. The summed E-state index contributed by atoms with van der Waals surface area (Å²) >= 11 is 0. The SMILES string of the molecule is O=C(O)C1CC1c1nc(-c2ccoc2)no1. The van der Waals surface area contributed by atoms with Crippen molar-refractivity contribution < 1.29 is 18.8 Å². The minimum absolute atomic E-state index is 0.134. The zero-order valence-corrected chi connectivity index (χ0v) is 8.16. The van der Waals surface area contributed by atoms with E-state index in [0.29, 0.717) is 18.1 Å². The molecule has 0 radical (unpaired) electrons. The van der Waals surface area contributed by atoms with E-state index in [1.807, 2.05) is 0 Å². The molecule has 1 fully saturated rings. The van der Waals surface area contributed by atoms with E-state index in [1.54, 1.807) is 6.07 Å². The number of aliphatic carboxylic acids is 1. The molecule has 0 spiro atoms. The molecule has 3 rings (SSSR count). The molecule has 1 aliphatic carbocycles. The Kier molecular flexibility index (Phi) is 1.82. The maximum absolute atomic E-state index is 10.7. The number of nitrogens with zero attached hydrogens (tertiary/aromatic N) is 2. The molecular weight excluding hydrogens is 212 g/mol. The van der Waals surface area contributed by atoms with Gasteiger partial charge < -0.3 is 14.0 Å². The molecule has 0 aliphatic heterocycles. The van der Waals surface area contributed by atoms with Gasteiger partial charge in [0.2, 0.25) is 11.7 Å². The van der Waals surface area contributed by atoms with Gasteiger partial charge in [-0.2, -0.15) is 4.98 Å². The van der Waals surface area contributed by atoms with E-state index in [-0.39, 0.29) is 11.8 Å². The first kappa shape index (κ1) is 9.14. The second kappa shape index (κ2) is 3.19. The summed E-state index contributed by atoms with van der Waals surface area (Å²) in [6, 6.07) is 1.72. The van der Waals surface area contributed by atoms with Gasteiger partial charge in [-0.15, -0.1) is 0 Å². The first-order chi connectivity index (χ1) is 7.75. The summed E-state index contributed by atoms with van der Waals surface area (Å²) in [5.74, 6) is -0.500. The van der Waals surface area contributed by atoms with Crippen molar-refractivity contribution in [3.05, 3.63) is 24.5 Å². The number of carboxylic acid groups (broad SMARTS) is 1. The fourth-order valence-corrected chi connectivity index (χ4v) is 1.64. The van der Waals surface area contributed by atoms with Gasteiger partial charge >= 0.3 is 5.97 Å². The number of furan rings is 1. The lowest BCUT2D eigenvalue weighted by atomic mass is 10.3. The summed E-state index contributed by atoms with van der Waals surface area (Å²) in [4.78, 5) is 14.8. The first-order valence-electron chi connectivity index (χ1n) is 4.84. The van der Waals surface area contributed by atoms with Crippen LogP contribution < -0.4 is 0 Å². The summed E-state index contributed by atoms with van der Waals surface area (Å²) in [5.41, 5.74) is 0.725. The lowest BCUT2D eigenvalue weighted by Gasteiger charge is -1.86. The Morgan fingerprint density at radius 1 is 1.56 bits per heavy atom. The van der Waals surface area contributed by atoms with Crippen molar-refractivity contribution in [1.29, 1.82) is 0 Å². The van der Waals surface area contributed by atoms with Crippen LogP contribution in [-0.2, 0) is 4.79 Å². The van der Waals surface area contributed by atoms with E-state index in [1.165, 1.54) is 12.5 Å². The summed E-state index contributed by atoms with van der Waals surface area (Å²) in [6.45, 7) is 0. The predicted octanol–water partition coefficient (Wildman–Crippen LogP) is 1.52. The Balaban J connectivity index is 1.82. The molecule has 1 N–H and O–H groups in total. The quantitative estimate of drug-likeness (QED) is 0.843. The molecule has 6 heteroatoms. The maximum Gasteiger partial charge on any atom is 0.307 e. The van der Waals surface area contributed by atoms with Crippen LogP contribution in [0.2, 0.25) is 0 Å². The van der Waals surface area contributed by atoms with Crippen molar-refractivity contribution in [2.45, 2.75) is 12.3 Å². The highest BCUT2D eigenvalue weighted by atomic mass is 16.5. The second-order valence-electron chi connectivity index (χ2n) is 3.76. The van der Waals surface area contributed by atoms with Gasteiger partial charge in [-0.1, -0.05) is 5.16 Å². The minimum Gasteiger partial charge on any atom is -0.481 e. The van der Waals surface area contributed by atoms with Crippen LogP contribution in [0.5, 0.6) is 0 Å². The fourth-order valence-electron chi connectivity index (χ4n) is 1.64. The zero-order chi connectivity index (χ0) is 11.1. The van der Waals surface area contributed by atoms with E-state index in [4.69, 9.17) is 14.0 Å². The van der Waals surface area contributed by atoms with Gasteiger partial charge in [-0.05, 0) is 12.5 Å². The molecule has 6 nitrogen and oxygen atoms in total. The van der Waals surface area contributed by atoms with E-state index in [0.717, 1.165) is 5.56 Å². The highest BCUT2D eigenvalue weighted by Crippen LogP contribution is 2.47. The Morgan fingerprint density at radius 2 is 2.44 bits per heavy atom. The maximum atomic E-state index is 10.7. The molecule has 2 atom stereocenters. The number of rotatable bonds is 3. The van der Waals surface area contributed by atoms with E-state index in [2.05, 4.69) is 10.1 Å². The molecule has 2 aromatic heterocycles. The lowest BCUT2D eigenvalue weighted by Crippen LogP contribution is -1.98. The average molecular weight is 220 g/mol. The monoisotopic (exact) mass is 220 g/mol. The molecule has 2 heterocycles. The lowest BCUT2D eigenvalue weighted by molar-refractivity contribution is -0.138. The Hall–Kier alpha value is -2.11. The van der Waals surface area contributed by atoms with Gasteiger partial charge in [0.05, 0.1) is 23.7 Å². The molecule has 0 bridgehead atoms. The van der Waals surface area contributed by atoms with Crippen LogP contribution >= 0.6 is 0 Å². The van der Waals surface area contributed by atoms with Gasteiger partial charge in [0, 0.05) is 0 Å². The van der Waals surface area contributed by atoms with Crippen LogP contribution in [0.15, 0.2) is 27.5 Å². The van der Waals surface area contributed by atoms with E-state index < -0.39 is 5.97 Å². The highest BCUT2D eigenvalue weighted by Gasteiger charge is 2.48. The van der Waals surface area contributed by atoms with Crippen molar-refractivity contribution in [2.75, 3.05) is 0 Å². The topological polar surface area (TPSA) is 89.4 Å². The number of hydrogen-bond acceptors (Lipinski definition) is 5. The molecule has 1 aliphatic rings. The van der Waals surface area contributed by atoms with Crippen LogP contribution in [0, 0.1) is 5.92 Å². The van der Waals surface area contributed by atoms with Crippen LogP contribution in [0.4, 0.5) is 0 Å². The molecule has 16 heavy (non-hydrogen) atoms. The van der Waals surface area contributed by atoms with Gasteiger partial charge in [0.25, 0.3) is 0 Å². The molecule has 0 aromatic carbocycles. The molecule has 82 valence electrons. The molecule has 0 amide bonds. The van der Waals surface area contributed by atoms with Crippen LogP contribution in [0.3, 0.4) is 0 Å². The number of carboxylic acids is 1. The minimum atomic E-state index is -0.812. The van der Waals surface area contributed by atoms with Crippen LogP contribution in [-0.4, -0.2) is 21.2 Å². The summed E-state index contributed by atoms with van der Waals surface area (Å²) in [7, 11) is 0. The highest BCUT2D eigenvalue weighted by molar-refractivity contribution is 5.74. The third-order valence-electron chi connectivity index (χ3n) is 2.65. The van der Waals surface area contributed by atoms with Gasteiger partial charge in [-0.3, -0.25) is 4.79 Å². The fraction of sp³-hybridized carbons (Fsp3) is 0.300. The first-order valence-corrected chi connectivity index (χ1v) is 4.84. The number of aromatic nitrogens is 2. The van der Waals surface area contributed by atoms with Crippen molar-refractivity contribution in [3.8, 4) is 11.4 Å². The molecule has 1 saturated carbocycles.